The number of rotatable bonds is 1. The van der Waals surface area contributed by atoms with Crippen LogP contribution in [0.15, 0.2) is 33.6 Å². The first-order valence-electron chi connectivity index (χ1n) is 8.97. The van der Waals surface area contributed by atoms with Gasteiger partial charge in [0, 0.05) is 25.2 Å². The summed E-state index contributed by atoms with van der Waals surface area (Å²) in [4.78, 5) is 17.1. The average molecular weight is 361 g/mol. The maximum absolute atomic E-state index is 13.0. The number of amidine groups is 1. The number of nitrogens with zero attached hydrogens (tertiary/aromatic N) is 3. The van der Waals surface area contributed by atoms with Gasteiger partial charge in [-0.3, -0.25) is 4.79 Å². The Balaban J connectivity index is 1.62. The van der Waals surface area contributed by atoms with E-state index >= 15 is 0 Å². The van der Waals surface area contributed by atoms with Crippen molar-refractivity contribution < 1.29 is 13.2 Å². The molecule has 1 aromatic rings. The summed E-state index contributed by atoms with van der Waals surface area (Å²) < 4.78 is 28.7. The van der Waals surface area contributed by atoms with Crippen molar-refractivity contribution in [3.8, 4) is 0 Å². The molecule has 3 aliphatic heterocycles. The molecule has 6 nitrogen and oxygen atoms in total. The number of piperidine rings is 1. The van der Waals surface area contributed by atoms with Crippen molar-refractivity contribution in [3.63, 3.8) is 0 Å². The van der Waals surface area contributed by atoms with Crippen LogP contribution in [0.3, 0.4) is 0 Å². The van der Waals surface area contributed by atoms with Gasteiger partial charge in [-0.05, 0) is 43.7 Å². The topological polar surface area (TPSA) is 70.1 Å². The summed E-state index contributed by atoms with van der Waals surface area (Å²) in [5, 5.41) is 0. The van der Waals surface area contributed by atoms with E-state index in [1.165, 1.54) is 0 Å². The van der Waals surface area contributed by atoms with Crippen LogP contribution in [0, 0.1) is 5.92 Å². The molecule has 2 saturated heterocycles. The molecule has 2 fully saturated rings. The van der Waals surface area contributed by atoms with Gasteiger partial charge < -0.3 is 9.80 Å². The summed E-state index contributed by atoms with van der Waals surface area (Å²) in [6.07, 6.45) is 3.71. The van der Waals surface area contributed by atoms with Crippen molar-refractivity contribution in [2.45, 2.75) is 43.5 Å². The molecule has 0 aliphatic carbocycles. The highest BCUT2D eigenvalue weighted by molar-refractivity contribution is 7.90. The van der Waals surface area contributed by atoms with Gasteiger partial charge in [0.15, 0.2) is 5.84 Å². The monoisotopic (exact) mass is 361 g/mol. The van der Waals surface area contributed by atoms with Crippen molar-refractivity contribution in [2.75, 3.05) is 19.6 Å². The Morgan fingerprint density at radius 2 is 1.84 bits per heavy atom. The number of fused-ring (bicyclic) bond motifs is 1. The fourth-order valence-electron chi connectivity index (χ4n) is 4.01. The summed E-state index contributed by atoms with van der Waals surface area (Å²) >= 11 is 0. The molecule has 134 valence electrons. The van der Waals surface area contributed by atoms with Crippen LogP contribution in [0.4, 0.5) is 0 Å². The highest BCUT2D eigenvalue weighted by atomic mass is 32.2. The molecule has 1 atom stereocenters. The molecule has 3 aliphatic rings. The van der Waals surface area contributed by atoms with Crippen molar-refractivity contribution >= 4 is 21.8 Å². The Kier molecular flexibility index (Phi) is 4.06. The van der Waals surface area contributed by atoms with Crippen LogP contribution in [-0.2, 0) is 14.8 Å². The quantitative estimate of drug-likeness (QED) is 0.765. The minimum Gasteiger partial charge on any atom is -0.343 e. The number of carbonyl (C=O) groups is 1. The molecule has 0 aromatic heterocycles. The van der Waals surface area contributed by atoms with Gasteiger partial charge >= 0.3 is 0 Å². The van der Waals surface area contributed by atoms with Crippen LogP contribution < -0.4 is 0 Å². The molecule has 25 heavy (non-hydrogen) atoms. The second-order valence-electron chi connectivity index (χ2n) is 7.25. The van der Waals surface area contributed by atoms with Crippen molar-refractivity contribution in [1.82, 2.24) is 9.80 Å². The zero-order valence-corrected chi connectivity index (χ0v) is 15.2. The molecular formula is C18H23N3O3S. The third-order valence-electron chi connectivity index (χ3n) is 5.52. The van der Waals surface area contributed by atoms with Crippen LogP contribution in [-0.4, -0.2) is 55.6 Å². The van der Waals surface area contributed by atoms with E-state index in [0.29, 0.717) is 23.9 Å². The molecule has 0 saturated carbocycles. The number of carbonyl (C=O) groups excluding carboxylic acids is 1. The molecule has 0 radical (unpaired) electrons. The van der Waals surface area contributed by atoms with Gasteiger partial charge in [0.05, 0.1) is 0 Å². The van der Waals surface area contributed by atoms with E-state index in [4.69, 9.17) is 0 Å². The van der Waals surface area contributed by atoms with Gasteiger partial charge in [-0.2, -0.15) is 8.42 Å². The number of likely N-dealkylation sites (tertiary alicyclic amines) is 2. The Labute approximate surface area is 148 Å². The zero-order valence-electron chi connectivity index (χ0n) is 14.4. The maximum atomic E-state index is 13.0. The molecule has 3 heterocycles. The molecule has 4 rings (SSSR count). The standard InChI is InChI=1S/C18H23N3O3S/c1-13-8-11-20(12-9-13)18(22)15-6-4-10-21(15)17-14-5-2-3-7-16(14)25(23,24)19-17/h2-3,5,7,13,15H,4,6,8-12H2,1H3/t15-/m0/s1. The predicted octanol–water partition coefficient (Wildman–Crippen LogP) is 1.86. The predicted molar refractivity (Wildman–Crippen MR) is 94.9 cm³/mol. The molecule has 0 bridgehead atoms. The van der Waals surface area contributed by atoms with Crippen molar-refractivity contribution in [3.05, 3.63) is 29.8 Å². The van der Waals surface area contributed by atoms with E-state index in [0.717, 1.165) is 38.8 Å². The van der Waals surface area contributed by atoms with E-state index in [2.05, 4.69) is 11.3 Å². The smallest absolute Gasteiger partial charge is 0.285 e. The highest BCUT2D eigenvalue weighted by Crippen LogP contribution is 2.32. The first kappa shape index (κ1) is 16.6. The normalized spacial score (nSPS) is 25.8. The van der Waals surface area contributed by atoms with E-state index in [1.54, 1.807) is 18.2 Å². The minimum atomic E-state index is -3.65. The lowest BCUT2D eigenvalue weighted by molar-refractivity contribution is -0.136. The number of benzene rings is 1. The van der Waals surface area contributed by atoms with Gasteiger partial charge in [-0.15, -0.1) is 4.40 Å². The number of sulfonamides is 1. The van der Waals surface area contributed by atoms with E-state index in [9.17, 15) is 13.2 Å². The molecular weight excluding hydrogens is 338 g/mol. The lowest BCUT2D eigenvalue weighted by Gasteiger charge is -2.35. The molecule has 7 heteroatoms. The lowest BCUT2D eigenvalue weighted by Crippen LogP contribution is -2.49. The summed E-state index contributed by atoms with van der Waals surface area (Å²) in [6, 6.07) is 6.58. The van der Waals surface area contributed by atoms with Crippen molar-refractivity contribution in [1.29, 1.82) is 0 Å². The molecule has 0 unspecified atom stereocenters. The second kappa shape index (κ2) is 6.12. The molecule has 0 N–H and O–H groups in total. The van der Waals surface area contributed by atoms with Crippen LogP contribution in [0.25, 0.3) is 0 Å². The maximum Gasteiger partial charge on any atom is 0.285 e. The molecule has 1 amide bonds. The summed E-state index contributed by atoms with van der Waals surface area (Å²) in [7, 11) is -3.65. The van der Waals surface area contributed by atoms with Crippen LogP contribution in [0.5, 0.6) is 0 Å². The Morgan fingerprint density at radius 3 is 2.60 bits per heavy atom. The number of hydrogen-bond donors (Lipinski definition) is 0. The van der Waals surface area contributed by atoms with Gasteiger partial charge in [-0.1, -0.05) is 19.1 Å². The summed E-state index contributed by atoms with van der Waals surface area (Å²) in [5.74, 6) is 1.23. The van der Waals surface area contributed by atoms with Crippen LogP contribution in [0.1, 0.15) is 38.2 Å². The fraction of sp³-hybridized carbons (Fsp3) is 0.556. The van der Waals surface area contributed by atoms with Crippen LogP contribution >= 0.6 is 0 Å². The first-order valence-corrected chi connectivity index (χ1v) is 10.4. The Hall–Kier alpha value is -1.89. The van der Waals surface area contributed by atoms with Gasteiger partial charge in [0.25, 0.3) is 10.0 Å². The second-order valence-corrected chi connectivity index (χ2v) is 8.82. The van der Waals surface area contributed by atoms with Gasteiger partial charge in [-0.25, -0.2) is 0 Å². The fourth-order valence-corrected chi connectivity index (χ4v) is 5.23. The third kappa shape index (κ3) is 2.84. The van der Waals surface area contributed by atoms with Gasteiger partial charge in [0.1, 0.15) is 10.9 Å². The van der Waals surface area contributed by atoms with Gasteiger partial charge in [0.2, 0.25) is 5.91 Å². The zero-order chi connectivity index (χ0) is 17.6. The Bertz CT molecular complexity index is 826. The average Bonchev–Trinajstić information content (AvgIpc) is 3.18. The largest absolute Gasteiger partial charge is 0.343 e. The highest BCUT2D eigenvalue weighted by Gasteiger charge is 2.40. The van der Waals surface area contributed by atoms with Crippen LogP contribution in [0.2, 0.25) is 0 Å². The third-order valence-corrected chi connectivity index (χ3v) is 6.84. The Morgan fingerprint density at radius 1 is 1.12 bits per heavy atom. The first-order chi connectivity index (χ1) is 12.0. The summed E-state index contributed by atoms with van der Waals surface area (Å²) in [5.41, 5.74) is 0.620. The molecule has 1 aromatic carbocycles. The van der Waals surface area contributed by atoms with E-state index < -0.39 is 10.0 Å². The summed E-state index contributed by atoms with van der Waals surface area (Å²) in [6.45, 7) is 4.49. The SMILES string of the molecule is CC1CCN(C(=O)[C@@H]2CCCN2C2=NS(=O)(=O)c3ccccc32)CC1. The van der Waals surface area contributed by atoms with Crippen molar-refractivity contribution in [2.24, 2.45) is 10.3 Å². The number of amides is 1. The molecule has 0 spiro atoms. The lowest BCUT2D eigenvalue weighted by atomic mass is 9.98. The van der Waals surface area contributed by atoms with E-state index in [-0.39, 0.29) is 16.8 Å². The number of hydrogen-bond acceptors (Lipinski definition) is 4. The minimum absolute atomic E-state index is 0.119. The van der Waals surface area contributed by atoms with E-state index in [1.807, 2.05) is 15.9 Å².